The van der Waals surface area contributed by atoms with Gasteiger partial charge < -0.3 is 14.7 Å². The fraction of sp³-hybridized carbons (Fsp3) is 0.833. The van der Waals surface area contributed by atoms with Crippen LogP contribution in [0.1, 0.15) is 32.6 Å². The van der Waals surface area contributed by atoms with Gasteiger partial charge in [0, 0.05) is 32.7 Å². The van der Waals surface area contributed by atoms with Crippen LogP contribution in [0, 0.1) is 5.92 Å². The molecule has 0 spiro atoms. The maximum Gasteiger partial charge on any atom is 0.308 e. The largest absolute Gasteiger partial charge is 0.481 e. The summed E-state index contributed by atoms with van der Waals surface area (Å²) in [6.07, 6.45) is 3.10. The quantitative estimate of drug-likeness (QED) is 0.649. The molecule has 0 saturated carbocycles. The summed E-state index contributed by atoms with van der Waals surface area (Å²) in [5, 5.41) is 8.81. The SMILES string of the molecule is CCCCOCCCN1C[C@@H](C(=O)O)CC1=O. The van der Waals surface area contributed by atoms with E-state index in [1.54, 1.807) is 4.90 Å². The van der Waals surface area contributed by atoms with Gasteiger partial charge in [-0.25, -0.2) is 0 Å². The highest BCUT2D eigenvalue weighted by Gasteiger charge is 2.33. The minimum absolute atomic E-state index is 0.0500. The van der Waals surface area contributed by atoms with Gasteiger partial charge in [0.2, 0.25) is 5.91 Å². The van der Waals surface area contributed by atoms with Crippen LogP contribution in [0.15, 0.2) is 0 Å². The first-order chi connectivity index (χ1) is 8.15. The van der Waals surface area contributed by atoms with Crippen molar-refractivity contribution in [3.8, 4) is 0 Å². The third-order valence-corrected chi connectivity index (χ3v) is 2.92. The Bertz CT molecular complexity index is 267. The van der Waals surface area contributed by atoms with E-state index < -0.39 is 11.9 Å². The monoisotopic (exact) mass is 243 g/mol. The van der Waals surface area contributed by atoms with Crippen LogP contribution in [-0.2, 0) is 14.3 Å². The molecule has 1 atom stereocenters. The number of hydrogen-bond acceptors (Lipinski definition) is 3. The van der Waals surface area contributed by atoms with Crippen molar-refractivity contribution in [2.45, 2.75) is 32.6 Å². The maximum absolute atomic E-state index is 11.5. The summed E-state index contributed by atoms with van der Waals surface area (Å²) in [4.78, 5) is 23.8. The summed E-state index contributed by atoms with van der Waals surface area (Å²) in [6.45, 7) is 4.47. The molecule has 1 aliphatic rings. The van der Waals surface area contributed by atoms with E-state index in [9.17, 15) is 9.59 Å². The molecular formula is C12H21NO4. The van der Waals surface area contributed by atoms with Crippen molar-refractivity contribution in [2.75, 3.05) is 26.3 Å². The number of carbonyl (C=O) groups is 2. The van der Waals surface area contributed by atoms with Gasteiger partial charge >= 0.3 is 5.97 Å². The van der Waals surface area contributed by atoms with Crippen molar-refractivity contribution < 1.29 is 19.4 Å². The Hall–Kier alpha value is -1.10. The van der Waals surface area contributed by atoms with Gasteiger partial charge in [-0.3, -0.25) is 9.59 Å². The Labute approximate surface area is 102 Å². The lowest BCUT2D eigenvalue weighted by Crippen LogP contribution is -2.28. The molecule has 17 heavy (non-hydrogen) atoms. The Balaban J connectivity index is 2.11. The number of aliphatic carboxylic acids is 1. The van der Waals surface area contributed by atoms with Crippen molar-refractivity contribution in [3.05, 3.63) is 0 Å². The number of unbranched alkanes of at least 4 members (excludes halogenated alkanes) is 1. The number of carboxylic acids is 1. The molecule has 1 heterocycles. The van der Waals surface area contributed by atoms with E-state index in [-0.39, 0.29) is 12.3 Å². The van der Waals surface area contributed by atoms with E-state index in [2.05, 4.69) is 6.92 Å². The van der Waals surface area contributed by atoms with E-state index in [1.165, 1.54) is 0 Å². The minimum Gasteiger partial charge on any atom is -0.481 e. The van der Waals surface area contributed by atoms with E-state index >= 15 is 0 Å². The molecule has 0 aliphatic carbocycles. The topological polar surface area (TPSA) is 66.8 Å². The number of amides is 1. The summed E-state index contributed by atoms with van der Waals surface area (Å²) in [6, 6.07) is 0. The lowest BCUT2D eigenvalue weighted by molar-refractivity contribution is -0.141. The van der Waals surface area contributed by atoms with Crippen LogP contribution in [0.5, 0.6) is 0 Å². The van der Waals surface area contributed by atoms with Gasteiger partial charge in [-0.05, 0) is 12.8 Å². The van der Waals surface area contributed by atoms with Crippen LogP contribution in [0.2, 0.25) is 0 Å². The lowest BCUT2D eigenvalue weighted by atomic mass is 10.1. The summed E-state index contributed by atoms with van der Waals surface area (Å²) in [7, 11) is 0. The minimum atomic E-state index is -0.875. The Morgan fingerprint density at radius 2 is 2.18 bits per heavy atom. The molecule has 1 amide bonds. The van der Waals surface area contributed by atoms with Crippen molar-refractivity contribution in [3.63, 3.8) is 0 Å². The summed E-state index contributed by atoms with van der Waals surface area (Å²) in [5.74, 6) is -1.45. The Kier molecular flexibility index (Phi) is 5.97. The first-order valence-electron chi connectivity index (χ1n) is 6.23. The van der Waals surface area contributed by atoms with Crippen LogP contribution >= 0.6 is 0 Å². The van der Waals surface area contributed by atoms with Crippen molar-refractivity contribution >= 4 is 11.9 Å². The van der Waals surface area contributed by atoms with E-state index in [0.717, 1.165) is 25.9 Å². The van der Waals surface area contributed by atoms with Crippen LogP contribution in [-0.4, -0.2) is 48.2 Å². The zero-order chi connectivity index (χ0) is 12.7. The van der Waals surface area contributed by atoms with Gasteiger partial charge in [-0.1, -0.05) is 13.3 Å². The van der Waals surface area contributed by atoms with E-state index in [1.807, 2.05) is 0 Å². The summed E-state index contributed by atoms with van der Waals surface area (Å²) >= 11 is 0. The first-order valence-corrected chi connectivity index (χ1v) is 6.23. The number of likely N-dealkylation sites (tertiary alicyclic amines) is 1. The number of carbonyl (C=O) groups excluding carboxylic acids is 1. The molecule has 0 unspecified atom stereocenters. The highest BCUT2D eigenvalue weighted by atomic mass is 16.5. The van der Waals surface area contributed by atoms with Crippen molar-refractivity contribution in [2.24, 2.45) is 5.92 Å². The molecule has 0 aromatic carbocycles. The van der Waals surface area contributed by atoms with Crippen molar-refractivity contribution in [1.29, 1.82) is 0 Å². The summed E-state index contributed by atoms with van der Waals surface area (Å²) in [5.41, 5.74) is 0. The lowest BCUT2D eigenvalue weighted by Gasteiger charge is -2.15. The van der Waals surface area contributed by atoms with Gasteiger partial charge in [0.15, 0.2) is 0 Å². The fourth-order valence-electron chi connectivity index (χ4n) is 1.86. The zero-order valence-corrected chi connectivity index (χ0v) is 10.4. The molecule has 0 radical (unpaired) electrons. The Morgan fingerprint density at radius 3 is 2.76 bits per heavy atom. The third kappa shape index (κ3) is 4.73. The smallest absolute Gasteiger partial charge is 0.308 e. The van der Waals surface area contributed by atoms with Gasteiger partial charge in [-0.15, -0.1) is 0 Å². The molecule has 98 valence electrons. The van der Waals surface area contributed by atoms with Gasteiger partial charge in [0.1, 0.15) is 0 Å². The maximum atomic E-state index is 11.5. The second kappa shape index (κ2) is 7.27. The van der Waals surface area contributed by atoms with Crippen molar-refractivity contribution in [1.82, 2.24) is 4.90 Å². The van der Waals surface area contributed by atoms with Gasteiger partial charge in [0.05, 0.1) is 5.92 Å². The average molecular weight is 243 g/mol. The number of rotatable bonds is 8. The molecule has 1 saturated heterocycles. The summed E-state index contributed by atoms with van der Waals surface area (Å²) < 4.78 is 5.39. The fourth-order valence-corrected chi connectivity index (χ4v) is 1.86. The standard InChI is InChI=1S/C12H21NO4/c1-2-3-6-17-7-4-5-13-9-10(12(15)16)8-11(13)14/h10H,2-9H2,1H3,(H,15,16)/t10-/m0/s1. The molecule has 1 fully saturated rings. The van der Waals surface area contributed by atoms with Crippen LogP contribution in [0.4, 0.5) is 0 Å². The van der Waals surface area contributed by atoms with E-state index in [4.69, 9.17) is 9.84 Å². The highest BCUT2D eigenvalue weighted by molar-refractivity contribution is 5.86. The second-order valence-corrected chi connectivity index (χ2v) is 4.40. The molecule has 0 aromatic heterocycles. The molecule has 5 nitrogen and oxygen atoms in total. The highest BCUT2D eigenvalue weighted by Crippen LogP contribution is 2.17. The molecule has 5 heteroatoms. The second-order valence-electron chi connectivity index (χ2n) is 4.40. The molecule has 1 N–H and O–H groups in total. The predicted molar refractivity (Wildman–Crippen MR) is 62.7 cm³/mol. The molecule has 1 rings (SSSR count). The number of hydrogen-bond donors (Lipinski definition) is 1. The predicted octanol–water partition coefficient (Wildman–Crippen LogP) is 1.13. The molecule has 0 bridgehead atoms. The average Bonchev–Trinajstić information content (AvgIpc) is 2.65. The molecule has 0 aromatic rings. The number of nitrogens with zero attached hydrogens (tertiary/aromatic N) is 1. The van der Waals surface area contributed by atoms with Crippen LogP contribution in [0.3, 0.4) is 0 Å². The van der Waals surface area contributed by atoms with Gasteiger partial charge in [0.25, 0.3) is 0 Å². The zero-order valence-electron chi connectivity index (χ0n) is 10.4. The number of ether oxygens (including phenoxy) is 1. The normalized spacial score (nSPS) is 19.9. The first kappa shape index (κ1) is 14.0. The third-order valence-electron chi connectivity index (χ3n) is 2.92. The Morgan fingerprint density at radius 1 is 1.47 bits per heavy atom. The van der Waals surface area contributed by atoms with Crippen LogP contribution in [0.25, 0.3) is 0 Å². The molecular weight excluding hydrogens is 222 g/mol. The van der Waals surface area contributed by atoms with Crippen LogP contribution < -0.4 is 0 Å². The van der Waals surface area contributed by atoms with Gasteiger partial charge in [-0.2, -0.15) is 0 Å². The molecule has 1 aliphatic heterocycles. The number of carboxylic acid groups (broad SMARTS) is 1. The van der Waals surface area contributed by atoms with E-state index in [0.29, 0.717) is 19.7 Å².